The van der Waals surface area contributed by atoms with Gasteiger partial charge in [0.1, 0.15) is 11.8 Å². The van der Waals surface area contributed by atoms with Crippen molar-refractivity contribution < 1.29 is 14.6 Å². The van der Waals surface area contributed by atoms with Crippen LogP contribution in [0.3, 0.4) is 0 Å². The molecule has 2 aromatic carbocycles. The van der Waals surface area contributed by atoms with Crippen LogP contribution in [-0.2, 0) is 11.3 Å². The van der Waals surface area contributed by atoms with Crippen LogP contribution in [-0.4, -0.2) is 28.4 Å². The second-order valence-corrected chi connectivity index (χ2v) is 8.58. The molecule has 0 saturated heterocycles. The molecule has 3 aromatic rings. The zero-order chi connectivity index (χ0) is 22.7. The molecule has 0 spiro atoms. The summed E-state index contributed by atoms with van der Waals surface area (Å²) in [6.07, 6.45) is 1.55. The maximum atomic E-state index is 10.7. The molecule has 0 amide bonds. The first-order chi connectivity index (χ1) is 15.5. The molecule has 1 aliphatic rings. The Balaban J connectivity index is 1.59. The Labute approximate surface area is 193 Å². The molecule has 160 valence electrons. The van der Waals surface area contributed by atoms with E-state index in [0.29, 0.717) is 26.8 Å². The standard InChI is InChI=1S/C23H18N4O3S2/c1-14-3-5-15(6-4-14)13-27-22(28)19(32-23(27)31)11-20-26-18(12-24)21(30-20)25-16-7-9-17(29-2)10-8-16/h3-11,28H,13H2,1-2H3/b20-11+,25-21?. The summed E-state index contributed by atoms with van der Waals surface area (Å²) in [4.78, 5) is 9.01. The van der Waals surface area contributed by atoms with E-state index in [4.69, 9.17) is 21.7 Å². The predicted octanol–water partition coefficient (Wildman–Crippen LogP) is 5.37. The maximum Gasteiger partial charge on any atom is 0.258 e. The summed E-state index contributed by atoms with van der Waals surface area (Å²) in [5, 5.41) is 20.1. The number of hydrogen-bond acceptors (Lipinski definition) is 8. The summed E-state index contributed by atoms with van der Waals surface area (Å²) in [7, 11) is 1.58. The highest BCUT2D eigenvalue weighted by Gasteiger charge is 2.23. The Morgan fingerprint density at radius 1 is 1.25 bits per heavy atom. The van der Waals surface area contributed by atoms with Crippen molar-refractivity contribution in [2.24, 2.45) is 9.98 Å². The fourth-order valence-corrected chi connectivity index (χ4v) is 4.18. The van der Waals surface area contributed by atoms with Gasteiger partial charge >= 0.3 is 0 Å². The van der Waals surface area contributed by atoms with Crippen molar-refractivity contribution in [3.05, 3.63) is 74.4 Å². The maximum absolute atomic E-state index is 10.7. The van der Waals surface area contributed by atoms with Crippen LogP contribution < -0.4 is 4.74 Å². The number of aryl methyl sites for hydroxylation is 1. The molecule has 0 atom stereocenters. The van der Waals surface area contributed by atoms with Crippen molar-refractivity contribution >= 4 is 46.9 Å². The van der Waals surface area contributed by atoms with E-state index in [-0.39, 0.29) is 23.4 Å². The van der Waals surface area contributed by atoms with Crippen molar-refractivity contribution in [1.82, 2.24) is 4.57 Å². The van der Waals surface area contributed by atoms with Gasteiger partial charge in [0.2, 0.25) is 17.5 Å². The van der Waals surface area contributed by atoms with Crippen molar-refractivity contribution in [1.29, 1.82) is 5.26 Å². The number of ether oxygens (including phenoxy) is 2. The van der Waals surface area contributed by atoms with Crippen molar-refractivity contribution in [3.8, 4) is 17.7 Å². The number of methoxy groups -OCH3 is 1. The van der Waals surface area contributed by atoms with E-state index in [9.17, 15) is 10.4 Å². The third-order valence-corrected chi connectivity index (χ3v) is 6.03. The highest BCUT2D eigenvalue weighted by molar-refractivity contribution is 7.73. The molecule has 0 radical (unpaired) electrons. The van der Waals surface area contributed by atoms with Gasteiger partial charge in [-0.1, -0.05) is 29.8 Å². The molecule has 1 N–H and O–H groups in total. The molecule has 7 nitrogen and oxygen atoms in total. The lowest BCUT2D eigenvalue weighted by Crippen LogP contribution is -2.07. The number of aromatic nitrogens is 1. The predicted molar refractivity (Wildman–Crippen MR) is 127 cm³/mol. The van der Waals surface area contributed by atoms with Gasteiger partial charge in [-0.2, -0.15) is 10.3 Å². The van der Waals surface area contributed by atoms with E-state index in [1.165, 1.54) is 11.3 Å². The molecule has 4 rings (SSSR count). The van der Waals surface area contributed by atoms with Crippen molar-refractivity contribution in [2.45, 2.75) is 13.5 Å². The monoisotopic (exact) mass is 462 g/mol. The molecular formula is C23H18N4O3S2. The third-order valence-electron chi connectivity index (χ3n) is 4.64. The summed E-state index contributed by atoms with van der Waals surface area (Å²) in [6, 6.07) is 17.0. The average Bonchev–Trinajstić information content (AvgIpc) is 3.30. The Morgan fingerprint density at radius 3 is 2.62 bits per heavy atom. The first-order valence-electron chi connectivity index (χ1n) is 9.56. The van der Waals surface area contributed by atoms with Crippen LogP contribution in [0.15, 0.2) is 64.4 Å². The molecule has 0 bridgehead atoms. The lowest BCUT2D eigenvalue weighted by Gasteiger charge is -2.05. The summed E-state index contributed by atoms with van der Waals surface area (Å²) < 4.78 is 13.0. The first kappa shape index (κ1) is 21.5. The van der Waals surface area contributed by atoms with E-state index >= 15 is 0 Å². The van der Waals surface area contributed by atoms with Gasteiger partial charge < -0.3 is 14.6 Å². The Kier molecular flexibility index (Phi) is 6.16. The minimum Gasteiger partial charge on any atom is -0.497 e. The third kappa shape index (κ3) is 4.61. The number of thiazole rings is 1. The van der Waals surface area contributed by atoms with Gasteiger partial charge in [0, 0.05) is 6.08 Å². The number of hydrogen-bond donors (Lipinski definition) is 1. The molecule has 2 heterocycles. The van der Waals surface area contributed by atoms with Gasteiger partial charge in [-0.15, -0.1) is 11.3 Å². The summed E-state index contributed by atoms with van der Waals surface area (Å²) in [5.74, 6) is 0.961. The fraction of sp³-hybridized carbons (Fsp3) is 0.130. The lowest BCUT2D eigenvalue weighted by molar-refractivity contribution is 0.415. The minimum atomic E-state index is 0.0194. The molecule has 0 aliphatic carbocycles. The lowest BCUT2D eigenvalue weighted by atomic mass is 10.1. The van der Waals surface area contributed by atoms with Crippen LogP contribution in [0.25, 0.3) is 6.08 Å². The second-order valence-electron chi connectivity index (χ2n) is 6.90. The van der Waals surface area contributed by atoms with E-state index < -0.39 is 0 Å². The Morgan fingerprint density at radius 2 is 1.97 bits per heavy atom. The van der Waals surface area contributed by atoms with Gasteiger partial charge in [-0.05, 0) is 49.0 Å². The summed E-state index contributed by atoms with van der Waals surface area (Å²) in [6.45, 7) is 2.47. The Bertz CT molecular complexity index is 1340. The largest absolute Gasteiger partial charge is 0.497 e. The van der Waals surface area contributed by atoms with Crippen LogP contribution in [0.2, 0.25) is 0 Å². The normalized spacial score (nSPS) is 15.5. The van der Waals surface area contributed by atoms with Crippen molar-refractivity contribution in [3.63, 3.8) is 0 Å². The molecule has 1 aliphatic heterocycles. The fourth-order valence-electron chi connectivity index (χ4n) is 2.95. The molecule has 32 heavy (non-hydrogen) atoms. The SMILES string of the molecule is COc1ccc(N=C2O/C(=C/c3sc(=S)n(Cc4ccc(C)cc4)c3O)N=C2C#N)cc1. The molecular weight excluding hydrogens is 444 g/mol. The summed E-state index contributed by atoms with van der Waals surface area (Å²) in [5.41, 5.74) is 2.82. The van der Waals surface area contributed by atoms with Gasteiger partial charge in [-0.25, -0.2) is 4.99 Å². The number of aliphatic imine (C=N–C) groups is 2. The second kappa shape index (κ2) is 9.18. The van der Waals surface area contributed by atoms with E-state index in [1.54, 1.807) is 42.0 Å². The van der Waals surface area contributed by atoms with E-state index in [1.807, 2.05) is 37.3 Å². The molecule has 0 fully saturated rings. The number of benzene rings is 2. The zero-order valence-corrected chi connectivity index (χ0v) is 18.9. The van der Waals surface area contributed by atoms with Crippen molar-refractivity contribution in [2.75, 3.05) is 7.11 Å². The van der Waals surface area contributed by atoms with Crippen LogP contribution in [0.4, 0.5) is 5.69 Å². The molecule has 0 saturated carbocycles. The number of aromatic hydroxyl groups is 1. The van der Waals surface area contributed by atoms with Crippen LogP contribution in [0, 0.1) is 22.2 Å². The van der Waals surface area contributed by atoms with Gasteiger partial charge in [0.25, 0.3) is 5.90 Å². The molecule has 9 heteroatoms. The minimum absolute atomic E-state index is 0.0194. The van der Waals surface area contributed by atoms with Crippen LogP contribution >= 0.6 is 23.6 Å². The van der Waals surface area contributed by atoms with E-state index in [2.05, 4.69) is 9.98 Å². The smallest absolute Gasteiger partial charge is 0.258 e. The number of rotatable bonds is 5. The highest BCUT2D eigenvalue weighted by Crippen LogP contribution is 2.31. The molecule has 1 aromatic heterocycles. The first-order valence-corrected chi connectivity index (χ1v) is 10.8. The van der Waals surface area contributed by atoms with Gasteiger partial charge in [-0.3, -0.25) is 4.57 Å². The van der Waals surface area contributed by atoms with Gasteiger partial charge in [0.05, 0.1) is 24.2 Å². The molecule has 0 unspecified atom stereocenters. The van der Waals surface area contributed by atoms with Crippen LogP contribution in [0.5, 0.6) is 11.6 Å². The zero-order valence-electron chi connectivity index (χ0n) is 17.3. The van der Waals surface area contributed by atoms with Crippen LogP contribution in [0.1, 0.15) is 16.0 Å². The summed E-state index contributed by atoms with van der Waals surface area (Å²) >= 11 is 6.67. The topological polar surface area (TPSA) is 92.1 Å². The quantitative estimate of drug-likeness (QED) is 0.515. The Hall–Kier alpha value is -3.74. The average molecular weight is 463 g/mol. The van der Waals surface area contributed by atoms with E-state index in [0.717, 1.165) is 11.1 Å². The van der Waals surface area contributed by atoms with Gasteiger partial charge in [0.15, 0.2) is 3.95 Å². The number of nitrogens with zero attached hydrogens (tertiary/aromatic N) is 4. The number of nitriles is 1. The highest BCUT2D eigenvalue weighted by atomic mass is 32.1.